The molecule has 4 nitrogen and oxygen atoms in total. The van der Waals surface area contributed by atoms with Crippen LogP contribution in [0, 0.1) is 11.8 Å². The van der Waals surface area contributed by atoms with Gasteiger partial charge in [-0.15, -0.1) is 0 Å². The van der Waals surface area contributed by atoms with E-state index in [0.29, 0.717) is 0 Å². The molecule has 2 N–H and O–H groups in total. The average molecular weight is 387 g/mol. The summed E-state index contributed by atoms with van der Waals surface area (Å²) >= 11 is 0. The third-order valence-electron chi connectivity index (χ3n) is 7.25. The number of benzene rings is 1. The van der Waals surface area contributed by atoms with Crippen molar-refractivity contribution in [3.05, 3.63) is 29.3 Å². The van der Waals surface area contributed by atoms with Crippen molar-refractivity contribution in [3.63, 3.8) is 0 Å². The summed E-state index contributed by atoms with van der Waals surface area (Å²) in [6, 6.07) is 6.12. The zero-order valence-electron chi connectivity index (χ0n) is 18.5. The Labute approximate surface area is 170 Å². The van der Waals surface area contributed by atoms with Crippen LogP contribution >= 0.6 is 0 Å². The second-order valence-electron chi connectivity index (χ2n) is 9.83. The molecule has 3 atom stereocenters. The van der Waals surface area contributed by atoms with E-state index in [2.05, 4.69) is 44.0 Å². The fraction of sp³-hybridized carbons (Fsp3) is 0.708. The lowest BCUT2D eigenvalue weighted by molar-refractivity contribution is 0.0567. The van der Waals surface area contributed by atoms with Gasteiger partial charge in [0.2, 0.25) is 0 Å². The highest BCUT2D eigenvalue weighted by atomic mass is 16.3. The minimum atomic E-state index is -0.396. The topological polar surface area (TPSA) is 52.6 Å². The molecule has 3 rings (SSSR count). The number of aliphatic hydroxyl groups excluding tert-OH is 1. The molecule has 1 aromatic carbocycles. The first-order valence-corrected chi connectivity index (χ1v) is 11.0. The summed E-state index contributed by atoms with van der Waals surface area (Å²) < 4.78 is 0. The monoisotopic (exact) mass is 386 g/mol. The van der Waals surface area contributed by atoms with E-state index in [1.807, 2.05) is 26.0 Å². The zero-order chi connectivity index (χ0) is 20.7. The molecular formula is C24H38N2O2. The Balaban J connectivity index is 2.01. The summed E-state index contributed by atoms with van der Waals surface area (Å²) in [6.45, 7) is 15.0. The highest BCUT2D eigenvalue weighted by Gasteiger charge is 2.48. The minimum absolute atomic E-state index is 0.0317. The van der Waals surface area contributed by atoms with Gasteiger partial charge in [-0.1, -0.05) is 27.7 Å². The van der Waals surface area contributed by atoms with Gasteiger partial charge in [0.15, 0.2) is 5.78 Å². The summed E-state index contributed by atoms with van der Waals surface area (Å²) in [4.78, 5) is 16.0. The van der Waals surface area contributed by atoms with E-state index in [1.165, 1.54) is 12.8 Å². The molecule has 0 radical (unpaired) electrons. The molecule has 2 aliphatic rings. The molecular weight excluding hydrogens is 348 g/mol. The molecule has 2 aliphatic carbocycles. The number of likely N-dealkylation sites (N-methyl/N-ethyl adjacent to an activating group) is 1. The van der Waals surface area contributed by atoms with Crippen LogP contribution in [-0.4, -0.2) is 47.1 Å². The molecule has 0 heterocycles. The number of carbonyl (C=O) groups excluding carboxylic acids is 1. The number of anilines is 1. The first-order chi connectivity index (χ1) is 13.2. The number of nitrogens with zero attached hydrogens (tertiary/aromatic N) is 1. The van der Waals surface area contributed by atoms with Crippen LogP contribution in [0.4, 0.5) is 5.69 Å². The lowest BCUT2D eigenvalue weighted by atomic mass is 9.61. The van der Waals surface area contributed by atoms with Gasteiger partial charge in [0.05, 0.1) is 18.2 Å². The van der Waals surface area contributed by atoms with E-state index >= 15 is 0 Å². The summed E-state index contributed by atoms with van der Waals surface area (Å²) in [5, 5.41) is 13.0. The first kappa shape index (κ1) is 21.3. The Morgan fingerprint density at radius 2 is 1.96 bits per heavy atom. The van der Waals surface area contributed by atoms with Crippen LogP contribution in [0.2, 0.25) is 0 Å². The third-order valence-corrected chi connectivity index (χ3v) is 7.25. The molecule has 0 amide bonds. The SMILES string of the molecule is CCN(CC1CC1)[C@@H]1C(=O)c2ccc(NC(C)(C)CO)cc2[C@@](C)(CC)[C@H]1C. The molecule has 1 fully saturated rings. The number of carbonyl (C=O) groups is 1. The number of aliphatic hydroxyl groups is 1. The molecule has 4 heteroatoms. The van der Waals surface area contributed by atoms with Crippen molar-refractivity contribution < 1.29 is 9.90 Å². The Bertz CT molecular complexity index is 725. The number of hydrogen-bond acceptors (Lipinski definition) is 4. The zero-order valence-corrected chi connectivity index (χ0v) is 18.5. The maximum absolute atomic E-state index is 13.6. The van der Waals surface area contributed by atoms with E-state index in [-0.39, 0.29) is 29.8 Å². The lowest BCUT2D eigenvalue weighted by Crippen LogP contribution is -2.55. The molecule has 0 aromatic heterocycles. The fourth-order valence-corrected chi connectivity index (χ4v) is 4.79. The first-order valence-electron chi connectivity index (χ1n) is 11.0. The molecule has 0 saturated heterocycles. The second kappa shape index (κ2) is 7.79. The highest BCUT2D eigenvalue weighted by molar-refractivity contribution is 6.03. The quantitative estimate of drug-likeness (QED) is 0.692. The number of nitrogens with one attached hydrogen (secondary N) is 1. The van der Waals surface area contributed by atoms with Gasteiger partial charge in [0.25, 0.3) is 0 Å². The highest BCUT2D eigenvalue weighted by Crippen LogP contribution is 2.46. The number of rotatable bonds is 8. The lowest BCUT2D eigenvalue weighted by Gasteiger charge is -2.48. The van der Waals surface area contributed by atoms with Gasteiger partial charge in [-0.25, -0.2) is 0 Å². The van der Waals surface area contributed by atoms with Crippen LogP contribution in [0.3, 0.4) is 0 Å². The fourth-order valence-electron chi connectivity index (χ4n) is 4.79. The molecule has 0 bridgehead atoms. The number of hydrogen-bond donors (Lipinski definition) is 2. The number of Topliss-reactive ketones (excluding diaryl/α,β-unsaturated/α-hetero) is 1. The largest absolute Gasteiger partial charge is 0.394 e. The standard InChI is InChI=1S/C24H38N2O2/c1-7-24(6)16(3)21(26(8-2)14-17-9-10-17)22(28)19-12-11-18(13-20(19)24)25-23(4,5)15-27/h11-13,16-17,21,25,27H,7-10,14-15H2,1-6H3/t16-,21-,24-/m0/s1. The van der Waals surface area contributed by atoms with Gasteiger partial charge in [-0.3, -0.25) is 9.69 Å². The van der Waals surface area contributed by atoms with Crippen molar-refractivity contribution in [1.29, 1.82) is 0 Å². The summed E-state index contributed by atoms with van der Waals surface area (Å²) in [5.41, 5.74) is 2.57. The van der Waals surface area contributed by atoms with Crippen LogP contribution in [0.15, 0.2) is 18.2 Å². The molecule has 156 valence electrons. The van der Waals surface area contributed by atoms with Crippen molar-refractivity contribution in [2.24, 2.45) is 11.8 Å². The van der Waals surface area contributed by atoms with E-state index in [4.69, 9.17) is 0 Å². The van der Waals surface area contributed by atoms with Gasteiger partial charge in [-0.05, 0) is 80.7 Å². The van der Waals surface area contributed by atoms with Crippen molar-refractivity contribution in [1.82, 2.24) is 4.90 Å². The molecule has 0 aliphatic heterocycles. The van der Waals surface area contributed by atoms with Crippen LogP contribution in [0.25, 0.3) is 0 Å². The predicted octanol–water partition coefficient (Wildman–Crippen LogP) is 4.47. The molecule has 0 spiro atoms. The smallest absolute Gasteiger partial charge is 0.180 e. The maximum atomic E-state index is 13.6. The maximum Gasteiger partial charge on any atom is 0.180 e. The van der Waals surface area contributed by atoms with Crippen molar-refractivity contribution in [2.75, 3.05) is 25.0 Å². The van der Waals surface area contributed by atoms with Gasteiger partial charge in [-0.2, -0.15) is 0 Å². The van der Waals surface area contributed by atoms with Crippen molar-refractivity contribution in [2.45, 2.75) is 77.8 Å². The van der Waals surface area contributed by atoms with Crippen molar-refractivity contribution in [3.8, 4) is 0 Å². The normalized spacial score (nSPS) is 27.8. The second-order valence-corrected chi connectivity index (χ2v) is 9.83. The van der Waals surface area contributed by atoms with E-state index < -0.39 is 5.54 Å². The summed E-state index contributed by atoms with van der Waals surface area (Å²) in [6.07, 6.45) is 3.62. The number of ketones is 1. The van der Waals surface area contributed by atoms with Crippen molar-refractivity contribution >= 4 is 11.5 Å². The Hall–Kier alpha value is -1.39. The van der Waals surface area contributed by atoms with Gasteiger partial charge >= 0.3 is 0 Å². The minimum Gasteiger partial charge on any atom is -0.394 e. The van der Waals surface area contributed by atoms with Gasteiger partial charge in [0.1, 0.15) is 0 Å². The van der Waals surface area contributed by atoms with E-state index in [9.17, 15) is 9.90 Å². The van der Waals surface area contributed by atoms with Crippen LogP contribution in [0.1, 0.15) is 76.7 Å². The molecule has 1 saturated carbocycles. The van der Waals surface area contributed by atoms with Crippen LogP contribution in [0.5, 0.6) is 0 Å². The molecule has 0 unspecified atom stereocenters. The third kappa shape index (κ3) is 3.86. The Kier molecular flexibility index (Phi) is 5.94. The number of fused-ring (bicyclic) bond motifs is 1. The summed E-state index contributed by atoms with van der Waals surface area (Å²) in [5.74, 6) is 1.32. The molecule has 28 heavy (non-hydrogen) atoms. The summed E-state index contributed by atoms with van der Waals surface area (Å²) in [7, 11) is 0. The van der Waals surface area contributed by atoms with E-state index in [1.54, 1.807) is 0 Å². The van der Waals surface area contributed by atoms with Gasteiger partial charge < -0.3 is 10.4 Å². The Morgan fingerprint density at radius 1 is 1.29 bits per heavy atom. The van der Waals surface area contributed by atoms with Gasteiger partial charge in [0, 0.05) is 17.8 Å². The van der Waals surface area contributed by atoms with E-state index in [0.717, 1.165) is 42.2 Å². The van der Waals surface area contributed by atoms with Crippen LogP contribution in [-0.2, 0) is 5.41 Å². The Morgan fingerprint density at radius 3 is 2.50 bits per heavy atom. The average Bonchev–Trinajstić information content (AvgIpc) is 3.49. The van der Waals surface area contributed by atoms with Crippen LogP contribution < -0.4 is 5.32 Å². The predicted molar refractivity (Wildman–Crippen MR) is 116 cm³/mol. The molecule has 1 aromatic rings.